The average Bonchev–Trinajstić information content (AvgIpc) is 2.73. The SMILES string of the molecule is Cc1csc(CC(NN)c2ccc(Br)cc2)n1. The number of nitrogens with zero attached hydrogens (tertiary/aromatic N) is 1. The number of hydrogen-bond donors (Lipinski definition) is 2. The molecule has 3 nitrogen and oxygen atoms in total. The van der Waals surface area contributed by atoms with Crippen LogP contribution in [0.15, 0.2) is 34.1 Å². The van der Waals surface area contributed by atoms with E-state index < -0.39 is 0 Å². The van der Waals surface area contributed by atoms with E-state index in [2.05, 4.69) is 43.9 Å². The van der Waals surface area contributed by atoms with E-state index in [0.717, 1.165) is 21.6 Å². The molecule has 2 rings (SSSR count). The van der Waals surface area contributed by atoms with Gasteiger partial charge in [0, 0.05) is 22.0 Å². The largest absolute Gasteiger partial charge is 0.271 e. The maximum absolute atomic E-state index is 5.61. The molecule has 0 aliphatic carbocycles. The van der Waals surface area contributed by atoms with E-state index in [-0.39, 0.29) is 6.04 Å². The zero-order valence-electron chi connectivity index (χ0n) is 9.48. The van der Waals surface area contributed by atoms with Crippen LogP contribution in [0.4, 0.5) is 0 Å². The quantitative estimate of drug-likeness (QED) is 0.674. The predicted molar refractivity (Wildman–Crippen MR) is 74.8 cm³/mol. The summed E-state index contributed by atoms with van der Waals surface area (Å²) in [4.78, 5) is 4.46. The normalized spacial score (nSPS) is 12.6. The standard InChI is InChI=1S/C12H14BrN3S/c1-8-7-17-12(15-8)6-11(16-14)9-2-4-10(13)5-3-9/h2-5,7,11,16H,6,14H2,1H3. The van der Waals surface area contributed by atoms with E-state index in [4.69, 9.17) is 5.84 Å². The number of hydrazine groups is 1. The summed E-state index contributed by atoms with van der Waals surface area (Å²) in [6.07, 6.45) is 0.816. The monoisotopic (exact) mass is 311 g/mol. The summed E-state index contributed by atoms with van der Waals surface area (Å²) in [6, 6.07) is 8.28. The molecule has 1 aromatic carbocycles. The lowest BCUT2D eigenvalue weighted by molar-refractivity contribution is 0.550. The van der Waals surface area contributed by atoms with E-state index in [1.165, 1.54) is 5.56 Å². The number of nitrogens with one attached hydrogen (secondary N) is 1. The molecule has 0 spiro atoms. The molecule has 0 amide bonds. The summed E-state index contributed by atoms with van der Waals surface area (Å²) in [6.45, 7) is 2.00. The van der Waals surface area contributed by atoms with Gasteiger partial charge in [-0.3, -0.25) is 11.3 Å². The van der Waals surface area contributed by atoms with Crippen LogP contribution in [0.2, 0.25) is 0 Å². The van der Waals surface area contributed by atoms with Crippen LogP contribution in [0, 0.1) is 6.92 Å². The molecule has 1 unspecified atom stereocenters. The summed E-state index contributed by atoms with van der Waals surface area (Å²) in [5.74, 6) is 5.61. The zero-order chi connectivity index (χ0) is 12.3. The van der Waals surface area contributed by atoms with Gasteiger partial charge in [-0.1, -0.05) is 28.1 Å². The molecule has 0 bridgehead atoms. The molecule has 0 aliphatic heterocycles. The van der Waals surface area contributed by atoms with Gasteiger partial charge in [-0.15, -0.1) is 11.3 Å². The molecule has 1 aromatic heterocycles. The number of aromatic nitrogens is 1. The maximum atomic E-state index is 5.61. The van der Waals surface area contributed by atoms with Gasteiger partial charge in [-0.05, 0) is 24.6 Å². The molecule has 90 valence electrons. The summed E-state index contributed by atoms with van der Waals surface area (Å²) in [5, 5.41) is 3.16. The summed E-state index contributed by atoms with van der Waals surface area (Å²) < 4.78 is 1.07. The van der Waals surface area contributed by atoms with Crippen LogP contribution >= 0.6 is 27.3 Å². The van der Waals surface area contributed by atoms with Gasteiger partial charge in [0.25, 0.3) is 0 Å². The first-order chi connectivity index (χ1) is 8.19. The van der Waals surface area contributed by atoms with E-state index in [0.29, 0.717) is 0 Å². The molecule has 1 atom stereocenters. The minimum Gasteiger partial charge on any atom is -0.271 e. The lowest BCUT2D eigenvalue weighted by Crippen LogP contribution is -2.29. The van der Waals surface area contributed by atoms with Crippen LogP contribution in [-0.4, -0.2) is 4.98 Å². The van der Waals surface area contributed by atoms with Gasteiger partial charge >= 0.3 is 0 Å². The van der Waals surface area contributed by atoms with Crippen LogP contribution < -0.4 is 11.3 Å². The minimum atomic E-state index is 0.105. The van der Waals surface area contributed by atoms with E-state index in [1.807, 2.05) is 19.1 Å². The van der Waals surface area contributed by atoms with Crippen LogP contribution in [0.5, 0.6) is 0 Å². The Labute approximate surface area is 113 Å². The second-order valence-electron chi connectivity index (χ2n) is 3.86. The van der Waals surface area contributed by atoms with Gasteiger partial charge in [0.2, 0.25) is 0 Å². The highest BCUT2D eigenvalue weighted by atomic mass is 79.9. The van der Waals surface area contributed by atoms with Crippen molar-refractivity contribution in [3.8, 4) is 0 Å². The first kappa shape index (κ1) is 12.7. The average molecular weight is 312 g/mol. The van der Waals surface area contributed by atoms with Gasteiger partial charge < -0.3 is 0 Å². The number of rotatable bonds is 4. The van der Waals surface area contributed by atoms with Gasteiger partial charge in [-0.2, -0.15) is 0 Å². The van der Waals surface area contributed by atoms with Crippen molar-refractivity contribution in [1.82, 2.24) is 10.4 Å². The first-order valence-electron chi connectivity index (χ1n) is 5.31. The molecule has 0 saturated carbocycles. The smallest absolute Gasteiger partial charge is 0.0947 e. The fourth-order valence-corrected chi connectivity index (χ4v) is 2.72. The van der Waals surface area contributed by atoms with Gasteiger partial charge in [0.05, 0.1) is 11.0 Å². The summed E-state index contributed by atoms with van der Waals surface area (Å²) >= 11 is 5.10. The zero-order valence-corrected chi connectivity index (χ0v) is 11.9. The third-order valence-corrected chi connectivity index (χ3v) is 4.04. The topological polar surface area (TPSA) is 50.9 Å². The fourth-order valence-electron chi connectivity index (χ4n) is 1.64. The van der Waals surface area contributed by atoms with E-state index >= 15 is 0 Å². The lowest BCUT2D eigenvalue weighted by atomic mass is 10.1. The number of hydrogen-bond acceptors (Lipinski definition) is 4. The highest BCUT2D eigenvalue weighted by Crippen LogP contribution is 2.21. The third kappa shape index (κ3) is 3.35. The van der Waals surface area contributed by atoms with Crippen molar-refractivity contribution in [3.63, 3.8) is 0 Å². The Bertz CT molecular complexity index is 481. The number of thiazole rings is 1. The predicted octanol–water partition coefficient (Wildman–Crippen LogP) is 2.96. The molecule has 0 aliphatic rings. The molecular weight excluding hydrogens is 298 g/mol. The van der Waals surface area contributed by atoms with Gasteiger partial charge in [-0.25, -0.2) is 4.98 Å². The minimum absolute atomic E-state index is 0.105. The molecule has 17 heavy (non-hydrogen) atoms. The van der Waals surface area contributed by atoms with Gasteiger partial charge in [0.1, 0.15) is 0 Å². The second kappa shape index (κ2) is 5.73. The van der Waals surface area contributed by atoms with Crippen LogP contribution in [-0.2, 0) is 6.42 Å². The highest BCUT2D eigenvalue weighted by Gasteiger charge is 2.12. The number of nitrogens with two attached hydrogens (primary N) is 1. The Morgan fingerprint density at radius 3 is 2.65 bits per heavy atom. The van der Waals surface area contributed by atoms with Crippen molar-refractivity contribution in [3.05, 3.63) is 50.4 Å². The molecule has 0 radical (unpaired) electrons. The van der Waals surface area contributed by atoms with Crippen molar-refractivity contribution >= 4 is 27.3 Å². The van der Waals surface area contributed by atoms with Crippen molar-refractivity contribution in [2.24, 2.45) is 5.84 Å². The molecule has 2 aromatic rings. The number of halogens is 1. The Kier molecular flexibility index (Phi) is 4.28. The number of benzene rings is 1. The molecule has 0 fully saturated rings. The van der Waals surface area contributed by atoms with Crippen LogP contribution in [0.25, 0.3) is 0 Å². The maximum Gasteiger partial charge on any atom is 0.0947 e. The highest BCUT2D eigenvalue weighted by molar-refractivity contribution is 9.10. The Balaban J connectivity index is 2.13. The van der Waals surface area contributed by atoms with Crippen LogP contribution in [0.1, 0.15) is 22.3 Å². The Morgan fingerprint density at radius 2 is 2.12 bits per heavy atom. The fraction of sp³-hybridized carbons (Fsp3) is 0.250. The van der Waals surface area contributed by atoms with E-state index in [9.17, 15) is 0 Å². The molecule has 1 heterocycles. The van der Waals surface area contributed by atoms with Gasteiger partial charge in [0.15, 0.2) is 0 Å². The Morgan fingerprint density at radius 1 is 1.41 bits per heavy atom. The lowest BCUT2D eigenvalue weighted by Gasteiger charge is -2.14. The second-order valence-corrected chi connectivity index (χ2v) is 5.72. The molecule has 0 saturated heterocycles. The van der Waals surface area contributed by atoms with Crippen LogP contribution in [0.3, 0.4) is 0 Å². The summed E-state index contributed by atoms with van der Waals surface area (Å²) in [5.41, 5.74) is 5.08. The number of aryl methyl sites for hydroxylation is 1. The molecular formula is C12H14BrN3S. The Hall–Kier alpha value is -0.750. The molecule has 5 heteroatoms. The summed E-state index contributed by atoms with van der Waals surface area (Å²) in [7, 11) is 0. The van der Waals surface area contributed by atoms with Crippen molar-refractivity contribution in [1.29, 1.82) is 0 Å². The van der Waals surface area contributed by atoms with E-state index in [1.54, 1.807) is 11.3 Å². The van der Waals surface area contributed by atoms with Crippen molar-refractivity contribution in [2.75, 3.05) is 0 Å². The van der Waals surface area contributed by atoms with Crippen molar-refractivity contribution < 1.29 is 0 Å². The first-order valence-corrected chi connectivity index (χ1v) is 6.99. The van der Waals surface area contributed by atoms with Crippen molar-refractivity contribution in [2.45, 2.75) is 19.4 Å². The molecule has 3 N–H and O–H groups in total. The third-order valence-electron chi connectivity index (χ3n) is 2.52.